The van der Waals surface area contributed by atoms with E-state index in [0.717, 1.165) is 11.6 Å². The zero-order chi connectivity index (χ0) is 13.1. The Morgan fingerprint density at radius 3 is 2.78 bits per heavy atom. The molecule has 0 radical (unpaired) electrons. The first-order valence-corrected chi connectivity index (χ1v) is 7.25. The highest BCUT2D eigenvalue weighted by Gasteiger charge is 2.31. The minimum atomic E-state index is 0.336. The lowest BCUT2D eigenvalue weighted by Crippen LogP contribution is -2.49. The van der Waals surface area contributed by atoms with Crippen LogP contribution in [0, 0.1) is 0 Å². The molecule has 3 heteroatoms. The summed E-state index contributed by atoms with van der Waals surface area (Å²) in [4.78, 5) is 2.55. The van der Waals surface area contributed by atoms with Crippen molar-refractivity contribution in [1.82, 2.24) is 4.90 Å². The van der Waals surface area contributed by atoms with E-state index in [0.29, 0.717) is 18.1 Å². The molecule has 1 saturated heterocycles. The van der Waals surface area contributed by atoms with Crippen molar-refractivity contribution >= 4 is 11.6 Å². The van der Waals surface area contributed by atoms with Gasteiger partial charge in [0.05, 0.1) is 0 Å². The van der Waals surface area contributed by atoms with Crippen LogP contribution in [0.5, 0.6) is 0 Å². The lowest BCUT2D eigenvalue weighted by Gasteiger charge is -2.44. The summed E-state index contributed by atoms with van der Waals surface area (Å²) in [6, 6.07) is 9.55. The molecule has 1 aromatic rings. The largest absolute Gasteiger partial charge is 0.329 e. The minimum Gasteiger partial charge on any atom is -0.329 e. The quantitative estimate of drug-likeness (QED) is 0.906. The van der Waals surface area contributed by atoms with Gasteiger partial charge in [-0.25, -0.2) is 0 Å². The van der Waals surface area contributed by atoms with Gasteiger partial charge >= 0.3 is 0 Å². The van der Waals surface area contributed by atoms with Gasteiger partial charge in [-0.15, -0.1) is 0 Å². The molecule has 0 bridgehead atoms. The molecule has 0 aliphatic carbocycles. The number of hydrogen-bond acceptors (Lipinski definition) is 2. The van der Waals surface area contributed by atoms with E-state index in [1.54, 1.807) is 0 Å². The van der Waals surface area contributed by atoms with Crippen molar-refractivity contribution in [2.45, 2.75) is 51.2 Å². The Hall–Kier alpha value is -0.570. The third kappa shape index (κ3) is 2.71. The Morgan fingerprint density at radius 1 is 1.39 bits per heavy atom. The number of benzene rings is 1. The molecule has 0 aromatic heterocycles. The van der Waals surface area contributed by atoms with Gasteiger partial charge in [-0.2, -0.15) is 0 Å². The van der Waals surface area contributed by atoms with Crippen LogP contribution in [0.3, 0.4) is 0 Å². The summed E-state index contributed by atoms with van der Waals surface area (Å²) in [5.41, 5.74) is 7.15. The summed E-state index contributed by atoms with van der Waals surface area (Å²) in [5.74, 6) is 0. The SMILES string of the molecule is CC1CCCC(CN)N1C(C)c1ccccc1Cl. The van der Waals surface area contributed by atoms with Crippen molar-refractivity contribution in [1.29, 1.82) is 0 Å². The van der Waals surface area contributed by atoms with Crippen LogP contribution in [0.25, 0.3) is 0 Å². The van der Waals surface area contributed by atoms with Crippen molar-refractivity contribution in [2.24, 2.45) is 5.73 Å². The molecular weight excluding hydrogens is 244 g/mol. The fraction of sp³-hybridized carbons (Fsp3) is 0.600. The Bertz CT molecular complexity index is 394. The van der Waals surface area contributed by atoms with Gasteiger partial charge < -0.3 is 5.73 Å². The highest BCUT2D eigenvalue weighted by molar-refractivity contribution is 6.31. The second-order valence-electron chi connectivity index (χ2n) is 5.31. The molecule has 2 N–H and O–H groups in total. The highest BCUT2D eigenvalue weighted by atomic mass is 35.5. The van der Waals surface area contributed by atoms with Gasteiger partial charge in [-0.05, 0) is 38.3 Å². The number of piperidine rings is 1. The van der Waals surface area contributed by atoms with Crippen LogP contribution in [-0.2, 0) is 0 Å². The molecule has 0 spiro atoms. The van der Waals surface area contributed by atoms with Gasteiger partial charge in [0, 0.05) is 29.7 Å². The molecule has 1 heterocycles. The topological polar surface area (TPSA) is 29.3 Å². The van der Waals surface area contributed by atoms with Crippen LogP contribution in [0.4, 0.5) is 0 Å². The molecule has 2 rings (SSSR count). The fourth-order valence-electron chi connectivity index (χ4n) is 3.22. The lowest BCUT2D eigenvalue weighted by molar-refractivity contribution is 0.0571. The van der Waals surface area contributed by atoms with Crippen molar-refractivity contribution in [3.8, 4) is 0 Å². The van der Waals surface area contributed by atoms with Crippen LogP contribution < -0.4 is 5.73 Å². The predicted octanol–water partition coefficient (Wildman–Crippen LogP) is 3.60. The standard InChI is InChI=1S/C15H23ClN2/c1-11-6-5-7-13(10-17)18(11)12(2)14-8-3-4-9-15(14)16/h3-4,8-9,11-13H,5-7,10,17H2,1-2H3. The van der Waals surface area contributed by atoms with E-state index < -0.39 is 0 Å². The minimum absolute atomic E-state index is 0.336. The molecule has 1 fully saturated rings. The van der Waals surface area contributed by atoms with Crippen LogP contribution >= 0.6 is 11.6 Å². The average Bonchev–Trinajstić information content (AvgIpc) is 2.38. The summed E-state index contributed by atoms with van der Waals surface area (Å²) in [7, 11) is 0. The maximum absolute atomic E-state index is 6.32. The number of likely N-dealkylation sites (tertiary alicyclic amines) is 1. The second kappa shape index (κ2) is 6.05. The number of rotatable bonds is 3. The van der Waals surface area contributed by atoms with Crippen molar-refractivity contribution in [3.63, 3.8) is 0 Å². The zero-order valence-electron chi connectivity index (χ0n) is 11.3. The summed E-state index contributed by atoms with van der Waals surface area (Å²) < 4.78 is 0. The van der Waals surface area contributed by atoms with Gasteiger partial charge in [0.1, 0.15) is 0 Å². The molecule has 0 saturated carbocycles. The smallest absolute Gasteiger partial charge is 0.0453 e. The molecule has 1 aliphatic heterocycles. The molecular formula is C15H23ClN2. The molecule has 100 valence electrons. The fourth-order valence-corrected chi connectivity index (χ4v) is 3.51. The van der Waals surface area contributed by atoms with E-state index in [4.69, 9.17) is 17.3 Å². The van der Waals surface area contributed by atoms with E-state index in [1.807, 2.05) is 12.1 Å². The average molecular weight is 267 g/mol. The Balaban J connectivity index is 2.25. The first kappa shape index (κ1) is 13.9. The van der Waals surface area contributed by atoms with Crippen molar-refractivity contribution in [2.75, 3.05) is 6.54 Å². The van der Waals surface area contributed by atoms with E-state index in [-0.39, 0.29) is 0 Å². The summed E-state index contributed by atoms with van der Waals surface area (Å²) in [5, 5.41) is 0.860. The highest BCUT2D eigenvalue weighted by Crippen LogP contribution is 2.34. The molecule has 1 aliphatic rings. The van der Waals surface area contributed by atoms with Crippen molar-refractivity contribution < 1.29 is 0 Å². The molecule has 1 aromatic carbocycles. The maximum atomic E-state index is 6.32. The number of nitrogens with zero attached hydrogens (tertiary/aromatic N) is 1. The zero-order valence-corrected chi connectivity index (χ0v) is 12.0. The first-order chi connectivity index (χ1) is 8.65. The normalized spacial score (nSPS) is 27.1. The van der Waals surface area contributed by atoms with Crippen LogP contribution in [0.15, 0.2) is 24.3 Å². The molecule has 0 amide bonds. The van der Waals surface area contributed by atoms with Crippen molar-refractivity contribution in [3.05, 3.63) is 34.9 Å². The summed E-state index contributed by atoms with van der Waals surface area (Å²) in [6.07, 6.45) is 3.75. The van der Waals surface area contributed by atoms with Gasteiger partial charge in [-0.1, -0.05) is 36.2 Å². The summed E-state index contributed by atoms with van der Waals surface area (Å²) >= 11 is 6.32. The van der Waals surface area contributed by atoms with Crippen LogP contribution in [-0.4, -0.2) is 23.5 Å². The van der Waals surface area contributed by atoms with E-state index >= 15 is 0 Å². The number of halogens is 1. The molecule has 2 nitrogen and oxygen atoms in total. The monoisotopic (exact) mass is 266 g/mol. The van der Waals surface area contributed by atoms with Crippen LogP contribution in [0.2, 0.25) is 5.02 Å². The molecule has 18 heavy (non-hydrogen) atoms. The van der Waals surface area contributed by atoms with Crippen LogP contribution in [0.1, 0.15) is 44.7 Å². The molecule has 3 unspecified atom stereocenters. The van der Waals surface area contributed by atoms with Gasteiger partial charge in [-0.3, -0.25) is 4.90 Å². The Kier molecular flexibility index (Phi) is 4.66. The van der Waals surface area contributed by atoms with Gasteiger partial charge in [0.25, 0.3) is 0 Å². The summed E-state index contributed by atoms with van der Waals surface area (Å²) in [6.45, 7) is 5.28. The lowest BCUT2D eigenvalue weighted by atomic mass is 9.92. The third-order valence-corrected chi connectivity index (χ3v) is 4.51. The van der Waals surface area contributed by atoms with E-state index in [1.165, 1.54) is 24.8 Å². The van der Waals surface area contributed by atoms with E-state index in [2.05, 4.69) is 30.9 Å². The predicted molar refractivity (Wildman–Crippen MR) is 77.9 cm³/mol. The number of hydrogen-bond donors (Lipinski definition) is 1. The third-order valence-electron chi connectivity index (χ3n) is 4.16. The Morgan fingerprint density at radius 2 is 2.11 bits per heavy atom. The second-order valence-corrected chi connectivity index (χ2v) is 5.72. The van der Waals surface area contributed by atoms with Gasteiger partial charge in [0.15, 0.2) is 0 Å². The number of nitrogens with two attached hydrogens (primary N) is 1. The first-order valence-electron chi connectivity index (χ1n) is 6.87. The Labute approximate surface area is 115 Å². The van der Waals surface area contributed by atoms with E-state index in [9.17, 15) is 0 Å². The van der Waals surface area contributed by atoms with Gasteiger partial charge in [0.2, 0.25) is 0 Å². The maximum Gasteiger partial charge on any atom is 0.0453 e. The molecule has 3 atom stereocenters.